The fourth-order valence-corrected chi connectivity index (χ4v) is 2.44. The van der Waals surface area contributed by atoms with Gasteiger partial charge in [-0.05, 0) is 18.2 Å². The predicted molar refractivity (Wildman–Crippen MR) is 65.7 cm³/mol. The van der Waals surface area contributed by atoms with E-state index in [4.69, 9.17) is 0 Å². The Balaban J connectivity index is 2.28. The van der Waals surface area contributed by atoms with Crippen LogP contribution in [-0.4, -0.2) is 11.3 Å². The zero-order chi connectivity index (χ0) is 12.0. The predicted octanol–water partition coefficient (Wildman–Crippen LogP) is 3.49. The molecular weight excluding hydrogens is 343 g/mol. The Labute approximate surface area is 109 Å². The van der Waals surface area contributed by atoms with Crippen LogP contribution < -0.4 is 9.47 Å². The van der Waals surface area contributed by atoms with E-state index in [1.165, 1.54) is 6.07 Å². The minimum atomic E-state index is -3.58. The number of halogens is 3. The maximum atomic E-state index is 13.0. The third kappa shape index (κ3) is 1.70. The van der Waals surface area contributed by atoms with Gasteiger partial charge in [0.25, 0.3) is 0 Å². The van der Waals surface area contributed by atoms with Crippen molar-refractivity contribution in [2.75, 3.05) is 0 Å². The van der Waals surface area contributed by atoms with Crippen LogP contribution in [0.2, 0.25) is 0 Å². The lowest BCUT2D eigenvalue weighted by atomic mass is 10.1. The molecule has 0 spiro atoms. The Morgan fingerprint density at radius 3 is 2.76 bits per heavy atom. The zero-order valence-electron chi connectivity index (χ0n) is 8.41. The zero-order valence-corrected chi connectivity index (χ0v) is 10.6. The standard InChI is InChI=1S/C11H6F2INO2/c12-11(13)16-9-2-1-6-7(10(9)17-11)3-4-15-8(6)5-14/h1-4H,5H2. The molecule has 0 bridgehead atoms. The molecule has 0 fully saturated rings. The van der Waals surface area contributed by atoms with Gasteiger partial charge >= 0.3 is 6.29 Å². The van der Waals surface area contributed by atoms with Gasteiger partial charge in [0, 0.05) is 21.4 Å². The number of fused-ring (bicyclic) bond motifs is 3. The molecule has 0 saturated carbocycles. The van der Waals surface area contributed by atoms with Crippen LogP contribution in [0.25, 0.3) is 10.8 Å². The molecular formula is C11H6F2INO2. The van der Waals surface area contributed by atoms with Crippen molar-refractivity contribution in [3.05, 3.63) is 30.1 Å². The van der Waals surface area contributed by atoms with E-state index in [0.29, 0.717) is 9.81 Å². The van der Waals surface area contributed by atoms with Crippen molar-refractivity contribution in [2.24, 2.45) is 0 Å². The quantitative estimate of drug-likeness (QED) is 0.584. The van der Waals surface area contributed by atoms with Gasteiger partial charge in [0.05, 0.1) is 5.69 Å². The summed E-state index contributed by atoms with van der Waals surface area (Å²) >= 11 is 2.17. The first-order valence-electron chi connectivity index (χ1n) is 4.83. The largest absolute Gasteiger partial charge is 0.586 e. The minimum absolute atomic E-state index is 0.0631. The fourth-order valence-electron chi connectivity index (χ4n) is 1.83. The van der Waals surface area contributed by atoms with Crippen LogP contribution >= 0.6 is 22.6 Å². The lowest BCUT2D eigenvalue weighted by Crippen LogP contribution is -2.26. The summed E-state index contributed by atoms with van der Waals surface area (Å²) in [5, 5.41) is 1.41. The first-order chi connectivity index (χ1) is 8.11. The van der Waals surface area contributed by atoms with Crippen LogP contribution in [0.1, 0.15) is 5.69 Å². The van der Waals surface area contributed by atoms with E-state index in [1.807, 2.05) is 0 Å². The van der Waals surface area contributed by atoms with Crippen molar-refractivity contribution >= 4 is 33.4 Å². The van der Waals surface area contributed by atoms with Gasteiger partial charge in [0.1, 0.15) is 0 Å². The number of benzene rings is 1. The lowest BCUT2D eigenvalue weighted by Gasteiger charge is -2.06. The molecule has 17 heavy (non-hydrogen) atoms. The van der Waals surface area contributed by atoms with Crippen LogP contribution in [0.4, 0.5) is 8.78 Å². The number of aromatic nitrogens is 1. The van der Waals surface area contributed by atoms with E-state index in [9.17, 15) is 8.78 Å². The van der Waals surface area contributed by atoms with Crippen LogP contribution in [0, 0.1) is 0 Å². The van der Waals surface area contributed by atoms with Gasteiger partial charge in [-0.1, -0.05) is 22.6 Å². The number of rotatable bonds is 1. The average molecular weight is 349 g/mol. The van der Waals surface area contributed by atoms with Gasteiger partial charge in [0.15, 0.2) is 11.5 Å². The van der Waals surface area contributed by atoms with Crippen molar-refractivity contribution in [1.82, 2.24) is 4.98 Å². The summed E-state index contributed by atoms with van der Waals surface area (Å²) < 4.78 is 35.6. The molecule has 0 atom stereocenters. The van der Waals surface area contributed by atoms with Crippen LogP contribution in [0.15, 0.2) is 24.4 Å². The lowest BCUT2D eigenvalue weighted by molar-refractivity contribution is -0.286. The maximum Gasteiger partial charge on any atom is 0.586 e. The third-order valence-electron chi connectivity index (χ3n) is 2.52. The molecule has 1 aliphatic rings. The molecule has 1 aliphatic heterocycles. The van der Waals surface area contributed by atoms with E-state index in [2.05, 4.69) is 37.0 Å². The van der Waals surface area contributed by atoms with E-state index in [-0.39, 0.29) is 11.5 Å². The van der Waals surface area contributed by atoms with Gasteiger partial charge in [-0.2, -0.15) is 0 Å². The maximum absolute atomic E-state index is 13.0. The molecule has 0 amide bonds. The summed E-state index contributed by atoms with van der Waals surface area (Å²) in [7, 11) is 0. The molecule has 1 aromatic carbocycles. The molecule has 0 radical (unpaired) electrons. The number of alkyl halides is 3. The van der Waals surface area contributed by atoms with Gasteiger partial charge in [-0.15, -0.1) is 8.78 Å². The average Bonchev–Trinajstić information content (AvgIpc) is 2.62. The number of hydrogen-bond donors (Lipinski definition) is 0. The van der Waals surface area contributed by atoms with E-state index < -0.39 is 6.29 Å². The van der Waals surface area contributed by atoms with Crippen LogP contribution in [-0.2, 0) is 4.43 Å². The van der Waals surface area contributed by atoms with Crippen molar-refractivity contribution < 1.29 is 18.3 Å². The molecule has 3 nitrogen and oxygen atoms in total. The molecule has 3 rings (SSSR count). The second-order valence-electron chi connectivity index (χ2n) is 3.55. The molecule has 1 aromatic heterocycles. The number of hydrogen-bond acceptors (Lipinski definition) is 3. The first-order valence-corrected chi connectivity index (χ1v) is 6.36. The van der Waals surface area contributed by atoms with Crippen LogP contribution in [0.5, 0.6) is 11.5 Å². The molecule has 2 aromatic rings. The normalized spacial score (nSPS) is 16.4. The van der Waals surface area contributed by atoms with E-state index in [1.54, 1.807) is 18.3 Å². The summed E-state index contributed by atoms with van der Waals surface area (Å²) in [4.78, 5) is 4.20. The van der Waals surface area contributed by atoms with Crippen molar-refractivity contribution in [3.8, 4) is 11.5 Å². The second kappa shape index (κ2) is 3.66. The first kappa shape index (κ1) is 10.9. The Bertz CT molecular complexity index is 603. The number of pyridine rings is 1. The highest BCUT2D eigenvalue weighted by molar-refractivity contribution is 14.1. The molecule has 2 heterocycles. The molecule has 0 aliphatic carbocycles. The summed E-state index contributed by atoms with van der Waals surface area (Å²) in [6.45, 7) is 0. The van der Waals surface area contributed by atoms with Gasteiger partial charge in [-0.25, -0.2) is 0 Å². The summed E-state index contributed by atoms with van der Waals surface area (Å²) in [5.41, 5.74) is 0.838. The fraction of sp³-hybridized carbons (Fsp3) is 0.182. The Hall–Kier alpha value is -1.18. The SMILES string of the molecule is FC1(F)Oc2ccc3c(CI)nccc3c2O1. The van der Waals surface area contributed by atoms with Crippen molar-refractivity contribution in [3.63, 3.8) is 0 Å². The second-order valence-corrected chi connectivity index (χ2v) is 4.31. The summed E-state index contributed by atoms with van der Waals surface area (Å²) in [6.07, 6.45) is -2.00. The van der Waals surface area contributed by atoms with Gasteiger partial charge in [-0.3, -0.25) is 4.98 Å². The number of nitrogens with zero attached hydrogens (tertiary/aromatic N) is 1. The highest BCUT2D eigenvalue weighted by Gasteiger charge is 2.44. The van der Waals surface area contributed by atoms with Gasteiger partial charge in [0.2, 0.25) is 0 Å². The van der Waals surface area contributed by atoms with Crippen molar-refractivity contribution in [2.45, 2.75) is 10.7 Å². The highest BCUT2D eigenvalue weighted by atomic mass is 127. The van der Waals surface area contributed by atoms with Crippen molar-refractivity contribution in [1.29, 1.82) is 0 Å². The Kier molecular flexibility index (Phi) is 2.35. The minimum Gasteiger partial charge on any atom is -0.395 e. The van der Waals surface area contributed by atoms with Crippen LogP contribution in [0.3, 0.4) is 0 Å². The Morgan fingerprint density at radius 1 is 1.18 bits per heavy atom. The summed E-state index contributed by atoms with van der Waals surface area (Å²) in [5.74, 6) is 0.147. The summed E-state index contributed by atoms with van der Waals surface area (Å²) in [6, 6.07) is 4.85. The van der Waals surface area contributed by atoms with E-state index in [0.717, 1.165) is 11.1 Å². The third-order valence-corrected chi connectivity index (χ3v) is 3.24. The smallest absolute Gasteiger partial charge is 0.395 e. The highest BCUT2D eigenvalue weighted by Crippen LogP contribution is 2.45. The molecule has 6 heteroatoms. The van der Waals surface area contributed by atoms with Gasteiger partial charge < -0.3 is 9.47 Å². The molecule has 0 N–H and O–H groups in total. The molecule has 0 unspecified atom stereocenters. The number of ether oxygens (including phenoxy) is 2. The topological polar surface area (TPSA) is 31.4 Å². The molecule has 0 saturated heterocycles. The Morgan fingerprint density at radius 2 is 2.00 bits per heavy atom. The van der Waals surface area contributed by atoms with E-state index >= 15 is 0 Å². The monoisotopic (exact) mass is 349 g/mol. The molecule has 88 valence electrons.